The van der Waals surface area contributed by atoms with Gasteiger partial charge in [-0.15, -0.1) is 11.8 Å². The van der Waals surface area contributed by atoms with Gasteiger partial charge in [0.25, 0.3) is 0 Å². The first-order valence-corrected chi connectivity index (χ1v) is 5.67. The predicted octanol–water partition coefficient (Wildman–Crippen LogP) is 0.906. The highest BCUT2D eigenvalue weighted by Crippen LogP contribution is 2.10. The molecule has 0 bridgehead atoms. The zero-order valence-corrected chi connectivity index (χ0v) is 10.0. The van der Waals surface area contributed by atoms with Crippen LogP contribution in [0.25, 0.3) is 0 Å². The first-order chi connectivity index (χ1) is 7.81. The molecule has 0 aromatic carbocycles. The lowest BCUT2D eigenvalue weighted by Gasteiger charge is -2.13. The molecule has 1 unspecified atom stereocenters. The molecule has 1 aromatic rings. The Morgan fingerprint density at radius 1 is 1.62 bits per heavy atom. The second-order valence-corrected chi connectivity index (χ2v) is 3.55. The van der Waals surface area contributed by atoms with Crippen molar-refractivity contribution < 1.29 is 0 Å². The fraction of sp³-hybridized carbons (Fsp3) is 0.583. The average molecular weight is 220 g/mol. The SMILES string of the molecule is CC#CCCNC(CN)c1cnn(CC)c1. The molecule has 88 valence electrons. The predicted molar refractivity (Wildman–Crippen MR) is 65.8 cm³/mol. The number of aromatic nitrogens is 2. The van der Waals surface area contributed by atoms with E-state index in [4.69, 9.17) is 5.73 Å². The quantitative estimate of drug-likeness (QED) is 0.553. The van der Waals surface area contributed by atoms with Gasteiger partial charge in [0.05, 0.1) is 6.20 Å². The van der Waals surface area contributed by atoms with Crippen molar-refractivity contribution in [2.24, 2.45) is 5.73 Å². The minimum atomic E-state index is 0.180. The van der Waals surface area contributed by atoms with E-state index in [1.165, 1.54) is 0 Å². The maximum Gasteiger partial charge on any atom is 0.0538 e. The normalized spacial score (nSPS) is 11.9. The summed E-state index contributed by atoms with van der Waals surface area (Å²) in [7, 11) is 0. The Hall–Kier alpha value is -1.31. The van der Waals surface area contributed by atoms with E-state index in [2.05, 4.69) is 29.2 Å². The van der Waals surface area contributed by atoms with Crippen molar-refractivity contribution in [1.82, 2.24) is 15.1 Å². The van der Waals surface area contributed by atoms with Crippen LogP contribution in [0.5, 0.6) is 0 Å². The third-order valence-electron chi connectivity index (χ3n) is 2.43. The van der Waals surface area contributed by atoms with Crippen LogP contribution in [0.15, 0.2) is 12.4 Å². The van der Waals surface area contributed by atoms with E-state index >= 15 is 0 Å². The lowest BCUT2D eigenvalue weighted by Crippen LogP contribution is -2.28. The molecule has 0 spiro atoms. The fourth-order valence-electron chi connectivity index (χ4n) is 1.50. The largest absolute Gasteiger partial charge is 0.329 e. The number of aryl methyl sites for hydroxylation is 1. The summed E-state index contributed by atoms with van der Waals surface area (Å²) < 4.78 is 1.91. The molecule has 1 rings (SSSR count). The van der Waals surface area contributed by atoms with Gasteiger partial charge in [-0.2, -0.15) is 5.10 Å². The topological polar surface area (TPSA) is 55.9 Å². The van der Waals surface area contributed by atoms with Gasteiger partial charge in [-0.25, -0.2) is 0 Å². The van der Waals surface area contributed by atoms with E-state index in [0.717, 1.165) is 25.1 Å². The van der Waals surface area contributed by atoms with Gasteiger partial charge in [-0.1, -0.05) is 0 Å². The van der Waals surface area contributed by atoms with E-state index in [9.17, 15) is 0 Å². The van der Waals surface area contributed by atoms with Gasteiger partial charge in [0, 0.05) is 43.9 Å². The molecule has 0 amide bonds. The molecule has 0 saturated heterocycles. The second kappa shape index (κ2) is 7.04. The van der Waals surface area contributed by atoms with E-state index < -0.39 is 0 Å². The first kappa shape index (κ1) is 12.8. The zero-order valence-electron chi connectivity index (χ0n) is 10.0. The highest BCUT2D eigenvalue weighted by atomic mass is 15.3. The third-order valence-corrected chi connectivity index (χ3v) is 2.43. The molecular formula is C12H20N4. The number of nitrogens with zero attached hydrogens (tertiary/aromatic N) is 2. The van der Waals surface area contributed by atoms with Crippen LogP contribution in [0, 0.1) is 11.8 Å². The van der Waals surface area contributed by atoms with E-state index in [-0.39, 0.29) is 6.04 Å². The Kier molecular flexibility index (Phi) is 5.62. The Balaban J connectivity index is 2.48. The van der Waals surface area contributed by atoms with Crippen molar-refractivity contribution in [3.63, 3.8) is 0 Å². The van der Waals surface area contributed by atoms with Gasteiger partial charge >= 0.3 is 0 Å². The highest BCUT2D eigenvalue weighted by Gasteiger charge is 2.10. The Labute approximate surface area is 97.2 Å². The van der Waals surface area contributed by atoms with Crippen molar-refractivity contribution in [2.45, 2.75) is 32.9 Å². The standard InChI is InChI=1S/C12H20N4/c1-3-5-6-7-14-12(8-13)11-9-15-16(4-2)10-11/h9-10,12,14H,4,6-8,13H2,1-2H3. The number of rotatable bonds is 6. The van der Waals surface area contributed by atoms with E-state index in [1.54, 1.807) is 0 Å². The summed E-state index contributed by atoms with van der Waals surface area (Å²) in [5, 5.41) is 7.62. The van der Waals surface area contributed by atoms with Crippen molar-refractivity contribution in [3.05, 3.63) is 18.0 Å². The molecule has 0 aliphatic carbocycles. The Morgan fingerprint density at radius 2 is 2.44 bits per heavy atom. The van der Waals surface area contributed by atoms with E-state index in [1.807, 2.05) is 24.0 Å². The molecule has 0 radical (unpaired) electrons. The van der Waals surface area contributed by atoms with Crippen molar-refractivity contribution in [3.8, 4) is 11.8 Å². The lowest BCUT2D eigenvalue weighted by molar-refractivity contribution is 0.549. The minimum Gasteiger partial charge on any atom is -0.329 e. The molecular weight excluding hydrogens is 200 g/mol. The van der Waals surface area contributed by atoms with Crippen LogP contribution in [0.2, 0.25) is 0 Å². The number of nitrogens with two attached hydrogens (primary N) is 1. The third kappa shape index (κ3) is 3.69. The van der Waals surface area contributed by atoms with Crippen LogP contribution in [-0.2, 0) is 6.54 Å². The monoisotopic (exact) mass is 220 g/mol. The van der Waals surface area contributed by atoms with Crippen molar-refractivity contribution in [1.29, 1.82) is 0 Å². The molecule has 0 fully saturated rings. The number of nitrogens with one attached hydrogen (secondary N) is 1. The summed E-state index contributed by atoms with van der Waals surface area (Å²) in [6.45, 7) is 6.25. The summed E-state index contributed by atoms with van der Waals surface area (Å²) >= 11 is 0. The van der Waals surface area contributed by atoms with E-state index in [0.29, 0.717) is 6.54 Å². The molecule has 0 saturated carbocycles. The van der Waals surface area contributed by atoms with Crippen molar-refractivity contribution in [2.75, 3.05) is 13.1 Å². The average Bonchev–Trinajstić information content (AvgIpc) is 2.78. The molecule has 1 atom stereocenters. The molecule has 0 aliphatic heterocycles. The summed E-state index contributed by atoms with van der Waals surface area (Å²) in [6.07, 6.45) is 4.77. The van der Waals surface area contributed by atoms with Gasteiger partial charge in [0.15, 0.2) is 0 Å². The maximum absolute atomic E-state index is 5.73. The van der Waals surface area contributed by atoms with Crippen LogP contribution in [-0.4, -0.2) is 22.9 Å². The molecule has 1 aromatic heterocycles. The van der Waals surface area contributed by atoms with Crippen LogP contribution < -0.4 is 11.1 Å². The van der Waals surface area contributed by atoms with Gasteiger partial charge in [-0.3, -0.25) is 4.68 Å². The Bertz CT molecular complexity index is 359. The molecule has 4 heteroatoms. The summed E-state index contributed by atoms with van der Waals surface area (Å²) in [5.74, 6) is 5.90. The summed E-state index contributed by atoms with van der Waals surface area (Å²) in [5.41, 5.74) is 6.88. The molecule has 16 heavy (non-hydrogen) atoms. The zero-order chi connectivity index (χ0) is 11.8. The summed E-state index contributed by atoms with van der Waals surface area (Å²) in [4.78, 5) is 0. The molecule has 4 nitrogen and oxygen atoms in total. The smallest absolute Gasteiger partial charge is 0.0538 e. The second-order valence-electron chi connectivity index (χ2n) is 3.55. The fourth-order valence-corrected chi connectivity index (χ4v) is 1.50. The molecule has 0 aliphatic rings. The molecule has 3 N–H and O–H groups in total. The number of hydrogen-bond acceptors (Lipinski definition) is 3. The Morgan fingerprint density at radius 3 is 3.00 bits per heavy atom. The van der Waals surface area contributed by atoms with Gasteiger partial charge in [-0.05, 0) is 13.8 Å². The summed E-state index contributed by atoms with van der Waals surface area (Å²) in [6, 6.07) is 0.180. The van der Waals surface area contributed by atoms with Crippen LogP contribution >= 0.6 is 0 Å². The van der Waals surface area contributed by atoms with Crippen LogP contribution in [0.3, 0.4) is 0 Å². The van der Waals surface area contributed by atoms with Crippen LogP contribution in [0.4, 0.5) is 0 Å². The van der Waals surface area contributed by atoms with Gasteiger partial charge in [0.1, 0.15) is 0 Å². The van der Waals surface area contributed by atoms with Crippen LogP contribution in [0.1, 0.15) is 31.9 Å². The minimum absolute atomic E-state index is 0.180. The molecule has 1 heterocycles. The van der Waals surface area contributed by atoms with Gasteiger partial charge in [0.2, 0.25) is 0 Å². The first-order valence-electron chi connectivity index (χ1n) is 5.67. The van der Waals surface area contributed by atoms with Crippen molar-refractivity contribution >= 4 is 0 Å². The lowest BCUT2D eigenvalue weighted by atomic mass is 10.1. The van der Waals surface area contributed by atoms with Gasteiger partial charge < -0.3 is 11.1 Å². The maximum atomic E-state index is 5.73. The number of hydrogen-bond donors (Lipinski definition) is 2. The highest BCUT2D eigenvalue weighted by molar-refractivity contribution is 5.11.